The molecule has 0 amide bonds. The number of anilines is 2. The van der Waals surface area contributed by atoms with Crippen LogP contribution in [0.4, 0.5) is 11.5 Å². The van der Waals surface area contributed by atoms with E-state index in [1.54, 1.807) is 54.3 Å². The first-order valence-corrected chi connectivity index (χ1v) is 12.3. The van der Waals surface area contributed by atoms with E-state index in [0.29, 0.717) is 60.1 Å². The summed E-state index contributed by atoms with van der Waals surface area (Å²) >= 11 is 0. The molecule has 1 saturated heterocycles. The summed E-state index contributed by atoms with van der Waals surface area (Å²) in [5, 5.41) is 8.09. The third-order valence-electron chi connectivity index (χ3n) is 5.73. The van der Waals surface area contributed by atoms with Crippen LogP contribution in [0.25, 0.3) is 11.0 Å². The quantitative estimate of drug-likeness (QED) is 0.407. The van der Waals surface area contributed by atoms with Gasteiger partial charge < -0.3 is 15.0 Å². The molecule has 0 atom stereocenters. The second-order valence-corrected chi connectivity index (χ2v) is 10.0. The van der Waals surface area contributed by atoms with E-state index in [1.165, 1.54) is 4.31 Å². The number of ketones is 1. The van der Waals surface area contributed by atoms with Gasteiger partial charge in [0.25, 0.3) is 0 Å². The van der Waals surface area contributed by atoms with Crippen molar-refractivity contribution in [3.63, 3.8) is 0 Å². The Labute approximate surface area is 196 Å². The van der Waals surface area contributed by atoms with Crippen molar-refractivity contribution in [3.8, 4) is 0 Å². The van der Waals surface area contributed by atoms with E-state index in [0.717, 1.165) is 5.69 Å². The molecule has 4 heterocycles. The smallest absolute Gasteiger partial charge is 0.243 e. The fraction of sp³-hybridized carbons (Fsp3) is 0.261. The maximum Gasteiger partial charge on any atom is 0.243 e. The summed E-state index contributed by atoms with van der Waals surface area (Å²) in [6.07, 6.45) is 1.64. The van der Waals surface area contributed by atoms with Gasteiger partial charge in [-0.3, -0.25) is 9.48 Å². The standard InChI is InChI=1S/C23H24N6O4S/c1-15-12-20(28(2)27-15)22(30)19-14-24-23-18(19)6-7-21(26-23)25-16-4-3-5-17(13-16)34(31,32)29-8-10-33-11-9-29/h3-7,12-14H,8-11H2,1-2H3,(H2,24,25,26). The Morgan fingerprint density at radius 2 is 1.94 bits per heavy atom. The molecule has 1 fully saturated rings. The molecular weight excluding hydrogens is 456 g/mol. The largest absolute Gasteiger partial charge is 0.379 e. The first kappa shape index (κ1) is 22.3. The summed E-state index contributed by atoms with van der Waals surface area (Å²) < 4.78 is 34.2. The van der Waals surface area contributed by atoms with Crippen molar-refractivity contribution in [2.75, 3.05) is 31.6 Å². The number of aryl methyl sites for hydroxylation is 2. The average Bonchev–Trinajstić information content (AvgIpc) is 3.41. The normalized spacial score (nSPS) is 15.0. The number of nitrogens with zero attached hydrogens (tertiary/aromatic N) is 4. The lowest BCUT2D eigenvalue weighted by Crippen LogP contribution is -2.40. The van der Waals surface area contributed by atoms with E-state index in [4.69, 9.17) is 4.74 Å². The molecule has 1 aliphatic heterocycles. The van der Waals surface area contributed by atoms with Gasteiger partial charge in [-0.25, -0.2) is 13.4 Å². The highest BCUT2D eigenvalue weighted by atomic mass is 32.2. The predicted molar refractivity (Wildman–Crippen MR) is 127 cm³/mol. The summed E-state index contributed by atoms with van der Waals surface area (Å²) in [5.74, 6) is 0.378. The average molecular weight is 481 g/mol. The molecule has 5 rings (SSSR count). The van der Waals surface area contributed by atoms with Crippen LogP contribution in [0.3, 0.4) is 0 Å². The van der Waals surface area contributed by atoms with E-state index >= 15 is 0 Å². The molecule has 1 aromatic carbocycles. The first-order valence-electron chi connectivity index (χ1n) is 10.8. The SMILES string of the molecule is Cc1cc(C(=O)c2c[nH]c3nc(Nc4cccc(S(=O)(=O)N5CCOCC5)c4)ccc23)n(C)n1. The lowest BCUT2D eigenvalue weighted by Gasteiger charge is -2.26. The molecule has 0 unspecified atom stereocenters. The molecule has 3 aromatic heterocycles. The number of benzene rings is 1. The summed E-state index contributed by atoms with van der Waals surface area (Å²) in [7, 11) is -1.86. The highest BCUT2D eigenvalue weighted by Gasteiger charge is 2.26. The van der Waals surface area contributed by atoms with Gasteiger partial charge in [-0.15, -0.1) is 0 Å². The summed E-state index contributed by atoms with van der Waals surface area (Å²) in [4.78, 5) is 20.8. The molecule has 34 heavy (non-hydrogen) atoms. The van der Waals surface area contributed by atoms with Gasteiger partial charge in [0.15, 0.2) is 0 Å². The number of aromatic nitrogens is 4. The van der Waals surface area contributed by atoms with Gasteiger partial charge in [-0.2, -0.15) is 9.40 Å². The second-order valence-electron chi connectivity index (χ2n) is 8.09. The zero-order valence-electron chi connectivity index (χ0n) is 18.8. The van der Waals surface area contributed by atoms with Gasteiger partial charge in [0, 0.05) is 37.4 Å². The number of nitrogens with one attached hydrogen (secondary N) is 2. The van der Waals surface area contributed by atoms with Crippen LogP contribution < -0.4 is 5.32 Å². The molecule has 10 nitrogen and oxygen atoms in total. The van der Waals surface area contributed by atoms with Gasteiger partial charge in [0.05, 0.1) is 29.4 Å². The van der Waals surface area contributed by atoms with Crippen molar-refractivity contribution >= 4 is 38.3 Å². The van der Waals surface area contributed by atoms with Crippen LogP contribution in [-0.4, -0.2) is 64.6 Å². The van der Waals surface area contributed by atoms with E-state index in [9.17, 15) is 13.2 Å². The lowest BCUT2D eigenvalue weighted by atomic mass is 10.1. The second kappa shape index (κ2) is 8.67. The van der Waals surface area contributed by atoms with Gasteiger partial charge in [0.2, 0.25) is 15.8 Å². The number of rotatable bonds is 6. The van der Waals surface area contributed by atoms with E-state index in [1.807, 2.05) is 13.0 Å². The number of morpholine rings is 1. The first-order chi connectivity index (χ1) is 16.3. The van der Waals surface area contributed by atoms with Crippen molar-refractivity contribution < 1.29 is 17.9 Å². The molecule has 0 bridgehead atoms. The molecule has 0 aliphatic carbocycles. The lowest BCUT2D eigenvalue weighted by molar-refractivity contribution is 0.0730. The number of pyridine rings is 1. The zero-order chi connectivity index (χ0) is 23.9. The van der Waals surface area contributed by atoms with Crippen LogP contribution in [0.2, 0.25) is 0 Å². The number of ether oxygens (including phenoxy) is 1. The van der Waals surface area contributed by atoms with Crippen molar-refractivity contribution in [1.29, 1.82) is 0 Å². The van der Waals surface area contributed by atoms with Crippen LogP contribution in [0, 0.1) is 6.92 Å². The topological polar surface area (TPSA) is 122 Å². The minimum atomic E-state index is -3.60. The van der Waals surface area contributed by atoms with Gasteiger partial charge >= 0.3 is 0 Å². The number of sulfonamides is 1. The number of hydrogen-bond acceptors (Lipinski definition) is 7. The monoisotopic (exact) mass is 480 g/mol. The number of hydrogen-bond donors (Lipinski definition) is 2. The summed E-state index contributed by atoms with van der Waals surface area (Å²) in [5.41, 5.74) is 2.92. The Hall–Kier alpha value is -3.54. The number of carbonyl (C=O) groups is 1. The van der Waals surface area contributed by atoms with Gasteiger partial charge in [0.1, 0.15) is 17.2 Å². The molecular formula is C23H24N6O4S. The fourth-order valence-electron chi connectivity index (χ4n) is 4.04. The molecule has 11 heteroatoms. The summed E-state index contributed by atoms with van der Waals surface area (Å²) in [6.45, 7) is 3.30. The van der Waals surface area contributed by atoms with Crippen molar-refractivity contribution in [2.45, 2.75) is 11.8 Å². The van der Waals surface area contributed by atoms with Gasteiger partial charge in [-0.1, -0.05) is 6.07 Å². The Balaban J connectivity index is 1.39. The van der Waals surface area contributed by atoms with Crippen molar-refractivity contribution in [1.82, 2.24) is 24.1 Å². The minimum absolute atomic E-state index is 0.141. The van der Waals surface area contributed by atoms with E-state index in [-0.39, 0.29) is 10.7 Å². The van der Waals surface area contributed by atoms with E-state index < -0.39 is 10.0 Å². The predicted octanol–water partition coefficient (Wildman–Crippen LogP) is 2.60. The maximum atomic E-state index is 13.0. The molecule has 1 aliphatic rings. The number of aromatic amines is 1. The van der Waals surface area contributed by atoms with Crippen LogP contribution in [0.5, 0.6) is 0 Å². The summed E-state index contributed by atoms with van der Waals surface area (Å²) in [6, 6.07) is 12.0. The molecule has 4 aromatic rings. The Bertz CT molecular complexity index is 1480. The third-order valence-corrected chi connectivity index (χ3v) is 7.63. The Morgan fingerprint density at radius 3 is 2.68 bits per heavy atom. The Kier molecular flexibility index (Phi) is 5.68. The molecule has 0 radical (unpaired) electrons. The fourth-order valence-corrected chi connectivity index (χ4v) is 5.50. The van der Waals surface area contributed by atoms with Crippen LogP contribution >= 0.6 is 0 Å². The molecule has 176 valence electrons. The number of carbonyl (C=O) groups excluding carboxylic acids is 1. The van der Waals surface area contributed by atoms with Gasteiger partial charge in [-0.05, 0) is 43.3 Å². The minimum Gasteiger partial charge on any atom is -0.379 e. The number of H-pyrrole nitrogens is 1. The van der Waals surface area contributed by atoms with E-state index in [2.05, 4.69) is 20.4 Å². The molecule has 2 N–H and O–H groups in total. The molecule has 0 spiro atoms. The van der Waals surface area contributed by atoms with Crippen LogP contribution in [0.15, 0.2) is 53.6 Å². The number of fused-ring (bicyclic) bond motifs is 1. The maximum absolute atomic E-state index is 13.0. The molecule has 0 saturated carbocycles. The highest BCUT2D eigenvalue weighted by Crippen LogP contribution is 2.25. The Morgan fingerprint density at radius 1 is 1.15 bits per heavy atom. The third kappa shape index (κ3) is 4.09. The zero-order valence-corrected chi connectivity index (χ0v) is 19.6. The van der Waals surface area contributed by atoms with Crippen LogP contribution in [-0.2, 0) is 21.8 Å². The van der Waals surface area contributed by atoms with Crippen LogP contribution in [0.1, 0.15) is 21.7 Å². The highest BCUT2D eigenvalue weighted by molar-refractivity contribution is 7.89. The van der Waals surface area contributed by atoms with Crippen molar-refractivity contribution in [3.05, 3.63) is 65.6 Å². The van der Waals surface area contributed by atoms with Crippen molar-refractivity contribution in [2.24, 2.45) is 7.05 Å².